The number of carboxylic acid groups (broad SMARTS) is 1. The van der Waals surface area contributed by atoms with Gasteiger partial charge in [0.2, 0.25) is 0 Å². The van der Waals surface area contributed by atoms with E-state index in [9.17, 15) is 14.7 Å². The van der Waals surface area contributed by atoms with Crippen LogP contribution in [0.3, 0.4) is 0 Å². The first kappa shape index (κ1) is 24.1. The highest BCUT2D eigenvalue weighted by Crippen LogP contribution is 2.43. The third-order valence-corrected chi connectivity index (χ3v) is 6.55. The van der Waals surface area contributed by atoms with Crippen LogP contribution >= 0.6 is 0 Å². The molecule has 0 radical (unpaired) electrons. The molecule has 8 heteroatoms. The van der Waals surface area contributed by atoms with E-state index >= 15 is 0 Å². The molecule has 4 rings (SSSR count). The average molecular weight is 467 g/mol. The molecule has 1 saturated carbocycles. The first-order valence-electron chi connectivity index (χ1n) is 12.5. The van der Waals surface area contributed by atoms with Gasteiger partial charge in [-0.25, -0.2) is 15.0 Å². The van der Waals surface area contributed by atoms with Crippen LogP contribution in [0.2, 0.25) is 0 Å². The van der Waals surface area contributed by atoms with Crippen molar-refractivity contribution in [2.24, 2.45) is 0 Å². The number of aromatic nitrogens is 3. The van der Waals surface area contributed by atoms with Gasteiger partial charge in [-0.05, 0) is 74.5 Å². The number of anilines is 1. The van der Waals surface area contributed by atoms with Gasteiger partial charge in [-0.15, -0.1) is 0 Å². The van der Waals surface area contributed by atoms with E-state index in [2.05, 4.69) is 21.4 Å². The number of pyridine rings is 1. The Balaban J connectivity index is 1.30. The first-order chi connectivity index (χ1) is 16.5. The maximum Gasteiger partial charge on any atom is 0.316 e. The molecular weight excluding hydrogens is 432 g/mol. The standard InChI is InChI=1S/C26H34N4O4/c1-2-34-26-28-15-20(16-29-26)19(14-24(32)33)12-21(31)7-3-4-8-23-22(17-9-10-17)13-18-6-5-11-27-25(18)30-23/h13,15-17,19H,2-12,14H2,1H3,(H,27,30)(H,32,33). The molecule has 182 valence electrons. The molecule has 1 unspecified atom stereocenters. The topological polar surface area (TPSA) is 114 Å². The molecule has 1 fully saturated rings. The Morgan fingerprint density at radius 3 is 2.71 bits per heavy atom. The van der Waals surface area contributed by atoms with E-state index in [1.54, 1.807) is 12.4 Å². The van der Waals surface area contributed by atoms with Crippen LogP contribution in [0.1, 0.15) is 92.5 Å². The quantitative estimate of drug-likeness (QED) is 0.417. The molecule has 1 atom stereocenters. The number of carbonyl (C=O) groups excluding carboxylic acids is 1. The summed E-state index contributed by atoms with van der Waals surface area (Å²) in [5.74, 6) is 0.393. The third-order valence-electron chi connectivity index (χ3n) is 6.55. The van der Waals surface area contributed by atoms with E-state index in [0.717, 1.165) is 44.5 Å². The number of rotatable bonds is 13. The van der Waals surface area contributed by atoms with Crippen LogP contribution in [0, 0.1) is 0 Å². The molecule has 8 nitrogen and oxygen atoms in total. The zero-order chi connectivity index (χ0) is 23.9. The monoisotopic (exact) mass is 466 g/mol. The van der Waals surface area contributed by atoms with Gasteiger partial charge >= 0.3 is 12.0 Å². The summed E-state index contributed by atoms with van der Waals surface area (Å²) >= 11 is 0. The molecule has 0 spiro atoms. The molecule has 2 aromatic rings. The fourth-order valence-corrected chi connectivity index (χ4v) is 4.64. The SMILES string of the molecule is CCOc1ncc(C(CC(=O)O)CC(=O)CCCCc2nc3c(cc2C2CC2)CCCN3)cn1. The van der Waals surface area contributed by atoms with E-state index < -0.39 is 11.9 Å². The zero-order valence-corrected chi connectivity index (χ0v) is 19.9. The second-order valence-electron chi connectivity index (χ2n) is 9.31. The second-order valence-corrected chi connectivity index (χ2v) is 9.31. The van der Waals surface area contributed by atoms with Crippen molar-refractivity contribution in [2.45, 2.75) is 83.0 Å². The van der Waals surface area contributed by atoms with Crippen molar-refractivity contribution in [3.05, 3.63) is 40.8 Å². The molecule has 2 N–H and O–H groups in total. The summed E-state index contributed by atoms with van der Waals surface area (Å²) in [5.41, 5.74) is 4.58. The molecule has 2 aliphatic rings. The molecule has 34 heavy (non-hydrogen) atoms. The lowest BCUT2D eigenvalue weighted by atomic mass is 9.91. The Labute approximate surface area is 200 Å². The van der Waals surface area contributed by atoms with Crippen LogP contribution in [0.25, 0.3) is 0 Å². The summed E-state index contributed by atoms with van der Waals surface area (Å²) in [6.45, 7) is 3.28. The highest BCUT2D eigenvalue weighted by Gasteiger charge is 2.28. The number of aliphatic carboxylic acids is 1. The number of nitrogens with one attached hydrogen (secondary N) is 1. The summed E-state index contributed by atoms with van der Waals surface area (Å²) in [6, 6.07) is 2.62. The van der Waals surface area contributed by atoms with Crippen LogP contribution in [-0.4, -0.2) is 45.0 Å². The van der Waals surface area contributed by atoms with Crippen molar-refractivity contribution in [3.8, 4) is 6.01 Å². The molecule has 2 aromatic heterocycles. The van der Waals surface area contributed by atoms with Gasteiger partial charge in [0.05, 0.1) is 13.0 Å². The van der Waals surface area contributed by atoms with Crippen LogP contribution in [0.5, 0.6) is 6.01 Å². The Hall–Kier alpha value is -3.03. The highest BCUT2D eigenvalue weighted by atomic mass is 16.5. The van der Waals surface area contributed by atoms with E-state index in [1.165, 1.54) is 29.7 Å². The fourth-order valence-electron chi connectivity index (χ4n) is 4.64. The molecular formula is C26H34N4O4. The summed E-state index contributed by atoms with van der Waals surface area (Å²) in [6.07, 6.45) is 10.9. The van der Waals surface area contributed by atoms with E-state index in [-0.39, 0.29) is 24.6 Å². The Kier molecular flexibility index (Phi) is 8.08. The Morgan fingerprint density at radius 1 is 1.21 bits per heavy atom. The van der Waals surface area contributed by atoms with Gasteiger partial charge in [0.1, 0.15) is 11.6 Å². The van der Waals surface area contributed by atoms with Gasteiger partial charge < -0.3 is 15.2 Å². The molecule has 0 aromatic carbocycles. The minimum absolute atomic E-state index is 0.0719. The van der Waals surface area contributed by atoms with Crippen molar-refractivity contribution in [1.82, 2.24) is 15.0 Å². The molecule has 1 aliphatic carbocycles. The highest BCUT2D eigenvalue weighted by molar-refractivity contribution is 5.80. The number of unbranched alkanes of at least 4 members (excludes halogenated alkanes) is 1. The number of fused-ring (bicyclic) bond motifs is 1. The number of hydrogen-bond donors (Lipinski definition) is 2. The van der Waals surface area contributed by atoms with Crippen LogP contribution in [-0.2, 0) is 22.4 Å². The number of Topliss-reactive ketones (excluding diaryl/α,β-unsaturated/α-hetero) is 1. The predicted molar refractivity (Wildman–Crippen MR) is 128 cm³/mol. The Morgan fingerprint density at radius 2 is 2.00 bits per heavy atom. The van der Waals surface area contributed by atoms with Crippen LogP contribution in [0.15, 0.2) is 18.5 Å². The number of aryl methyl sites for hydroxylation is 2. The number of carboxylic acids is 1. The van der Waals surface area contributed by atoms with Gasteiger partial charge in [0.15, 0.2) is 0 Å². The first-order valence-corrected chi connectivity index (χ1v) is 12.5. The molecule has 0 bridgehead atoms. The average Bonchev–Trinajstić information content (AvgIpc) is 3.67. The van der Waals surface area contributed by atoms with Gasteiger partial charge in [0, 0.05) is 43.4 Å². The Bertz CT molecular complexity index is 1000. The molecule has 0 saturated heterocycles. The maximum atomic E-state index is 12.7. The smallest absolute Gasteiger partial charge is 0.316 e. The predicted octanol–water partition coefficient (Wildman–Crippen LogP) is 4.44. The lowest BCUT2D eigenvalue weighted by Crippen LogP contribution is -2.15. The van der Waals surface area contributed by atoms with E-state index in [0.29, 0.717) is 24.5 Å². The lowest BCUT2D eigenvalue weighted by Gasteiger charge is -2.20. The van der Waals surface area contributed by atoms with Crippen molar-refractivity contribution in [2.75, 3.05) is 18.5 Å². The van der Waals surface area contributed by atoms with Crippen molar-refractivity contribution < 1.29 is 19.4 Å². The van der Waals surface area contributed by atoms with Crippen molar-refractivity contribution in [1.29, 1.82) is 0 Å². The van der Waals surface area contributed by atoms with Gasteiger partial charge in [-0.3, -0.25) is 9.59 Å². The minimum Gasteiger partial charge on any atom is -0.481 e. The van der Waals surface area contributed by atoms with Crippen molar-refractivity contribution in [3.63, 3.8) is 0 Å². The number of ketones is 1. The summed E-state index contributed by atoms with van der Waals surface area (Å²) in [5, 5.41) is 12.7. The number of nitrogens with zero attached hydrogens (tertiary/aromatic N) is 3. The van der Waals surface area contributed by atoms with Crippen LogP contribution in [0.4, 0.5) is 5.82 Å². The molecule has 3 heterocycles. The van der Waals surface area contributed by atoms with Gasteiger partial charge in [-0.1, -0.05) is 6.07 Å². The molecule has 0 amide bonds. The summed E-state index contributed by atoms with van der Waals surface area (Å²) in [7, 11) is 0. The van der Waals surface area contributed by atoms with E-state index in [4.69, 9.17) is 9.72 Å². The minimum atomic E-state index is -0.939. The largest absolute Gasteiger partial charge is 0.481 e. The zero-order valence-electron chi connectivity index (χ0n) is 19.9. The second kappa shape index (κ2) is 11.4. The van der Waals surface area contributed by atoms with E-state index in [1.807, 2.05) is 6.92 Å². The van der Waals surface area contributed by atoms with Gasteiger partial charge in [-0.2, -0.15) is 0 Å². The number of hydrogen-bond acceptors (Lipinski definition) is 7. The third kappa shape index (κ3) is 6.52. The summed E-state index contributed by atoms with van der Waals surface area (Å²) < 4.78 is 5.25. The number of ether oxygens (including phenoxy) is 1. The summed E-state index contributed by atoms with van der Waals surface area (Å²) in [4.78, 5) is 37.2. The lowest BCUT2D eigenvalue weighted by molar-refractivity contribution is -0.137. The number of carbonyl (C=O) groups is 2. The normalized spacial score (nSPS) is 15.8. The van der Waals surface area contributed by atoms with Gasteiger partial charge in [0.25, 0.3) is 0 Å². The maximum absolute atomic E-state index is 12.7. The molecule has 1 aliphatic heterocycles. The van der Waals surface area contributed by atoms with Crippen LogP contribution < -0.4 is 10.1 Å². The fraction of sp³-hybridized carbons (Fsp3) is 0.577. The van der Waals surface area contributed by atoms with Crippen molar-refractivity contribution >= 4 is 17.6 Å².